The largest absolute Gasteiger partial charge is 0.466 e. The molecule has 0 heterocycles. The fourth-order valence-electron chi connectivity index (χ4n) is 0.300. The highest BCUT2D eigenvalue weighted by Crippen LogP contribution is 2.25. The molecule has 0 spiro atoms. The maximum absolute atomic E-state index is 8.88. The Morgan fingerprint density at radius 1 is 1.15 bits per heavy atom. The lowest BCUT2D eigenvalue weighted by Crippen LogP contribution is -2.36. The number of nitrogens with zero attached hydrogens (tertiary/aromatic N) is 1. The maximum Gasteiger partial charge on any atom is 0.466 e. The second-order valence-electron chi connectivity index (χ2n) is 3.25. The number of hydrogen-bond acceptors (Lipinski definition) is 2. The van der Waals surface area contributed by atoms with Gasteiger partial charge in [-0.1, -0.05) is 0 Å². The maximum atomic E-state index is 8.88. The van der Waals surface area contributed by atoms with E-state index in [1.54, 1.807) is 0 Å². The first-order valence-electron chi connectivity index (χ1n) is 3.26. The highest BCUT2D eigenvalue weighted by Gasteiger charge is 2.02. The van der Waals surface area contributed by atoms with Gasteiger partial charge in [0.1, 0.15) is 6.54 Å². The first-order valence-corrected chi connectivity index (χ1v) is 4.82. The smallest absolute Gasteiger partial charge is 0.391 e. The molecule has 0 radical (unpaired) electrons. The summed E-state index contributed by atoms with van der Waals surface area (Å²) in [6.07, 6.45) is 0. The fourth-order valence-corrected chi connectivity index (χ4v) is 0.300. The van der Waals surface area contributed by atoms with Gasteiger partial charge in [0, 0.05) is 0 Å². The first-order chi connectivity index (χ1) is 5.06. The molecule has 0 saturated carbocycles. The number of rotatable bonds is 2. The van der Waals surface area contributed by atoms with Gasteiger partial charge in [0.25, 0.3) is 0 Å². The van der Waals surface area contributed by atoms with E-state index in [0.717, 1.165) is 11.0 Å². The number of quaternary nitrogens is 1. The molecule has 8 heteroatoms. The topological polar surface area (TPSA) is 98.0 Å². The van der Waals surface area contributed by atoms with Crippen LogP contribution in [0.4, 0.5) is 0 Å². The van der Waals surface area contributed by atoms with Crippen molar-refractivity contribution < 1.29 is 28.8 Å². The molecule has 4 N–H and O–H groups in total. The van der Waals surface area contributed by atoms with Crippen LogP contribution in [0.3, 0.4) is 0 Å². The van der Waals surface area contributed by atoms with Crippen molar-refractivity contribution >= 4 is 21.3 Å². The van der Waals surface area contributed by atoms with Crippen LogP contribution in [0.15, 0.2) is 0 Å². The molecule has 13 heavy (non-hydrogen) atoms. The summed E-state index contributed by atoms with van der Waals surface area (Å²) in [6.45, 7) is 1.11. The minimum atomic E-state index is -4.64. The van der Waals surface area contributed by atoms with E-state index >= 15 is 0 Å². The van der Waals surface area contributed by atoms with Gasteiger partial charge in [-0.05, 0) is 0 Å². The summed E-state index contributed by atoms with van der Waals surface area (Å²) in [5, 5.41) is 8.39. The van der Waals surface area contributed by atoms with Gasteiger partial charge in [0.15, 0.2) is 0 Å². The first kappa shape index (κ1) is 19.0. The van der Waals surface area contributed by atoms with Crippen molar-refractivity contribution in [2.24, 2.45) is 0 Å². The van der Waals surface area contributed by atoms with E-state index in [0.29, 0.717) is 0 Å². The molecule has 0 aliphatic carbocycles. The zero-order chi connectivity index (χ0) is 10.4. The summed E-state index contributed by atoms with van der Waals surface area (Å²) < 4.78 is 9.73. The Kier molecular flexibility index (Phi) is 11.4. The average molecular weight is 236 g/mol. The van der Waals surface area contributed by atoms with E-state index in [9.17, 15) is 0 Å². The minimum absolute atomic E-state index is 0. The molecule has 0 rings (SSSR count). The number of phosphoric acid groups is 1. The molecule has 0 saturated heterocycles. The monoisotopic (exact) mass is 236 g/mol. The average Bonchev–Trinajstić information content (AvgIpc) is 1.54. The quantitative estimate of drug-likeness (QED) is 0.359. The Balaban J connectivity index is -0.000000150. The molecule has 6 nitrogen and oxygen atoms in total. The van der Waals surface area contributed by atoms with Gasteiger partial charge in [-0.2, -0.15) is 13.5 Å². The van der Waals surface area contributed by atoms with Crippen LogP contribution in [0.25, 0.3) is 0 Å². The normalized spacial score (nSPS) is 11.0. The summed E-state index contributed by atoms with van der Waals surface area (Å²) >= 11 is 0. The molecule has 0 aromatic rings. The molecule has 0 aliphatic heterocycles. The van der Waals surface area contributed by atoms with E-state index < -0.39 is 7.82 Å². The van der Waals surface area contributed by atoms with Crippen molar-refractivity contribution in [3.63, 3.8) is 0 Å². The number of aliphatic hydroxyl groups is 1. The van der Waals surface area contributed by atoms with Crippen LogP contribution < -0.4 is 0 Å². The molecule has 84 valence electrons. The van der Waals surface area contributed by atoms with Crippen molar-refractivity contribution in [3.8, 4) is 0 Å². The fraction of sp³-hybridized carbons (Fsp3) is 1.00. The molecule has 0 fully saturated rings. The molecule has 0 aliphatic rings. The summed E-state index contributed by atoms with van der Waals surface area (Å²) in [4.78, 5) is 21.6. The Morgan fingerprint density at radius 2 is 1.38 bits per heavy atom. The molecule has 0 unspecified atom stereocenters. The van der Waals surface area contributed by atoms with Gasteiger partial charge in [0.05, 0.1) is 27.7 Å². The van der Waals surface area contributed by atoms with Crippen LogP contribution >= 0.6 is 21.3 Å². The van der Waals surface area contributed by atoms with Crippen LogP contribution in [-0.2, 0) is 4.57 Å². The lowest BCUT2D eigenvalue weighted by Gasteiger charge is -2.21. The van der Waals surface area contributed by atoms with Crippen molar-refractivity contribution in [1.82, 2.24) is 0 Å². The van der Waals surface area contributed by atoms with E-state index in [1.165, 1.54) is 0 Å². The molecule has 0 amide bonds. The third kappa shape index (κ3) is 69.5. The van der Waals surface area contributed by atoms with Gasteiger partial charge in [0.2, 0.25) is 0 Å². The van der Waals surface area contributed by atoms with Crippen molar-refractivity contribution in [3.05, 3.63) is 0 Å². The minimum Gasteiger partial charge on any atom is -0.391 e. The Labute approximate surface area is 85.1 Å². The van der Waals surface area contributed by atoms with Gasteiger partial charge >= 0.3 is 7.82 Å². The molecule has 0 aromatic carbocycles. The van der Waals surface area contributed by atoms with Crippen LogP contribution in [0.5, 0.6) is 0 Å². The molecular formula is C5H19NO5PS+. The van der Waals surface area contributed by atoms with E-state index in [4.69, 9.17) is 24.4 Å². The van der Waals surface area contributed by atoms with E-state index in [1.807, 2.05) is 0 Å². The number of hydrogen-bond donors (Lipinski definition) is 4. The summed E-state index contributed by atoms with van der Waals surface area (Å²) in [6, 6.07) is 0. The molecule has 0 bridgehead atoms. The third-order valence-electron chi connectivity index (χ3n) is 0.771. The predicted octanol–water partition coefficient (Wildman–Crippen LogP) is -1.13. The van der Waals surface area contributed by atoms with Crippen molar-refractivity contribution in [1.29, 1.82) is 0 Å². The lowest BCUT2D eigenvalue weighted by molar-refractivity contribution is -0.870. The van der Waals surface area contributed by atoms with Gasteiger partial charge in [-0.25, -0.2) is 4.57 Å². The van der Waals surface area contributed by atoms with Crippen LogP contribution in [0, 0.1) is 0 Å². The van der Waals surface area contributed by atoms with E-state index in [-0.39, 0.29) is 20.1 Å². The Bertz CT molecular complexity index is 145. The summed E-state index contributed by atoms with van der Waals surface area (Å²) in [7, 11) is 1.52. The predicted molar refractivity (Wildman–Crippen MR) is 54.6 cm³/mol. The Morgan fingerprint density at radius 3 is 1.38 bits per heavy atom. The number of likely N-dealkylation sites (N-methyl/N-ethyl adjacent to an activating group) is 1. The zero-order valence-corrected chi connectivity index (χ0v) is 9.90. The zero-order valence-electron chi connectivity index (χ0n) is 8.01. The number of aliphatic hydroxyl groups excluding tert-OH is 1. The third-order valence-corrected chi connectivity index (χ3v) is 0.771. The van der Waals surface area contributed by atoms with Crippen LogP contribution in [0.1, 0.15) is 0 Å². The Hall–Kier alpha value is 0.380. The standard InChI is InChI=1S/C5H14NO.H3O4P.H2S/c1-6(2,3)4-5-7;1-5(2,3)4;/h7H,4-5H2,1-3H3;(H3,1,2,3,4);1H2/q+1;;. The van der Waals surface area contributed by atoms with Crippen molar-refractivity contribution in [2.45, 2.75) is 0 Å². The summed E-state index contributed by atoms with van der Waals surface area (Å²) in [5.41, 5.74) is 0. The summed E-state index contributed by atoms with van der Waals surface area (Å²) in [5.74, 6) is 0. The van der Waals surface area contributed by atoms with Gasteiger partial charge in [-0.3, -0.25) is 0 Å². The lowest BCUT2D eigenvalue weighted by atomic mass is 10.5. The van der Waals surface area contributed by atoms with Crippen molar-refractivity contribution in [2.75, 3.05) is 34.3 Å². The highest BCUT2D eigenvalue weighted by atomic mass is 32.1. The van der Waals surface area contributed by atoms with Gasteiger partial charge < -0.3 is 24.3 Å². The van der Waals surface area contributed by atoms with Crippen LogP contribution in [-0.4, -0.2) is 58.6 Å². The second kappa shape index (κ2) is 7.75. The van der Waals surface area contributed by atoms with Gasteiger partial charge in [-0.15, -0.1) is 0 Å². The molecular weight excluding hydrogens is 217 g/mol. The van der Waals surface area contributed by atoms with E-state index in [2.05, 4.69) is 21.1 Å². The second-order valence-corrected chi connectivity index (χ2v) is 4.28. The highest BCUT2D eigenvalue weighted by molar-refractivity contribution is 7.59. The van der Waals surface area contributed by atoms with Crippen LogP contribution in [0.2, 0.25) is 0 Å². The SMILES string of the molecule is C[N+](C)(C)CCO.O=P(O)(O)O.S. The molecule has 0 aromatic heterocycles. The molecule has 0 atom stereocenters.